The van der Waals surface area contributed by atoms with Gasteiger partial charge in [0.05, 0.1) is 6.54 Å². The molecule has 3 amide bonds. The molecule has 0 unspecified atom stereocenters. The number of rotatable bonds is 6. The van der Waals surface area contributed by atoms with E-state index in [1.165, 1.54) is 12.1 Å². The average Bonchev–Trinajstić information content (AvgIpc) is 3.23. The Morgan fingerprint density at radius 3 is 2.76 bits per heavy atom. The van der Waals surface area contributed by atoms with E-state index in [0.717, 1.165) is 10.4 Å². The van der Waals surface area contributed by atoms with E-state index in [-0.39, 0.29) is 23.7 Å². The third kappa shape index (κ3) is 5.03. The maximum Gasteiger partial charge on any atom is 0.315 e. The number of benzene rings is 1. The number of nitrogens with zero attached hydrogens (tertiary/aromatic N) is 1. The number of halogens is 1. The van der Waals surface area contributed by atoms with Crippen LogP contribution in [0, 0.1) is 11.7 Å². The van der Waals surface area contributed by atoms with Crippen LogP contribution in [0.15, 0.2) is 41.8 Å². The lowest BCUT2D eigenvalue weighted by Crippen LogP contribution is -2.38. The summed E-state index contributed by atoms with van der Waals surface area (Å²) in [6.07, 6.45) is 0.423. The fourth-order valence-corrected chi connectivity index (χ4v) is 3.48. The second-order valence-electron chi connectivity index (χ2n) is 6.11. The molecule has 1 aliphatic heterocycles. The molecule has 7 heteroatoms. The standard InChI is InChI=1S/C18H20FN3O2S/c19-15-5-3-13(4-6-15)11-22-12-14(8-17(22)23)9-20-18(24)21-10-16-2-1-7-25-16/h1-7,14H,8-12H2,(H2,20,21,24)/t14-/m1/s1. The van der Waals surface area contributed by atoms with Crippen molar-refractivity contribution in [3.8, 4) is 0 Å². The van der Waals surface area contributed by atoms with Crippen molar-refractivity contribution in [3.05, 3.63) is 58.0 Å². The fraction of sp³-hybridized carbons (Fsp3) is 0.333. The van der Waals surface area contributed by atoms with Gasteiger partial charge >= 0.3 is 6.03 Å². The van der Waals surface area contributed by atoms with Gasteiger partial charge in [0.15, 0.2) is 0 Å². The Morgan fingerprint density at radius 1 is 1.24 bits per heavy atom. The zero-order chi connectivity index (χ0) is 17.6. The highest BCUT2D eigenvalue weighted by molar-refractivity contribution is 7.09. The second kappa shape index (κ2) is 8.11. The van der Waals surface area contributed by atoms with E-state index in [1.807, 2.05) is 17.5 Å². The molecule has 2 heterocycles. The molecule has 1 fully saturated rings. The molecule has 0 saturated carbocycles. The first kappa shape index (κ1) is 17.4. The first-order valence-electron chi connectivity index (χ1n) is 8.16. The fourth-order valence-electron chi connectivity index (χ4n) is 2.83. The molecule has 0 bridgehead atoms. The van der Waals surface area contributed by atoms with E-state index in [9.17, 15) is 14.0 Å². The van der Waals surface area contributed by atoms with Gasteiger partial charge in [-0.1, -0.05) is 18.2 Å². The van der Waals surface area contributed by atoms with Crippen LogP contribution in [-0.4, -0.2) is 29.9 Å². The Kier molecular flexibility index (Phi) is 5.65. The summed E-state index contributed by atoms with van der Waals surface area (Å²) in [6.45, 7) is 2.04. The predicted molar refractivity (Wildman–Crippen MR) is 94.5 cm³/mol. The molecule has 3 rings (SSSR count). The van der Waals surface area contributed by atoms with Crippen LogP contribution in [0.3, 0.4) is 0 Å². The molecule has 0 radical (unpaired) electrons. The summed E-state index contributed by atoms with van der Waals surface area (Å²) in [6, 6.07) is 9.85. The SMILES string of the molecule is O=C(NCc1cccs1)NC[C@H]1CC(=O)N(Cc2ccc(F)cc2)C1. The van der Waals surface area contributed by atoms with Crippen molar-refractivity contribution in [3.63, 3.8) is 0 Å². The summed E-state index contributed by atoms with van der Waals surface area (Å²) in [5.74, 6) is -0.123. The largest absolute Gasteiger partial charge is 0.338 e. The highest BCUT2D eigenvalue weighted by Crippen LogP contribution is 2.19. The number of carbonyl (C=O) groups is 2. The minimum Gasteiger partial charge on any atom is -0.338 e. The first-order chi connectivity index (χ1) is 12.1. The van der Waals surface area contributed by atoms with Crippen LogP contribution in [0.25, 0.3) is 0 Å². The molecule has 2 N–H and O–H groups in total. The Hall–Kier alpha value is -2.41. The lowest BCUT2D eigenvalue weighted by molar-refractivity contribution is -0.128. The van der Waals surface area contributed by atoms with Crippen molar-refractivity contribution in [2.45, 2.75) is 19.5 Å². The van der Waals surface area contributed by atoms with Crippen LogP contribution in [0.1, 0.15) is 16.9 Å². The van der Waals surface area contributed by atoms with Crippen molar-refractivity contribution in [1.82, 2.24) is 15.5 Å². The Labute approximate surface area is 149 Å². The molecule has 1 saturated heterocycles. The van der Waals surface area contributed by atoms with Gasteiger partial charge < -0.3 is 15.5 Å². The van der Waals surface area contributed by atoms with Gasteiger partial charge in [-0.15, -0.1) is 11.3 Å². The molecule has 1 aromatic heterocycles. The van der Waals surface area contributed by atoms with Gasteiger partial charge in [0.2, 0.25) is 5.91 Å². The van der Waals surface area contributed by atoms with E-state index in [4.69, 9.17) is 0 Å². The molecular formula is C18H20FN3O2S. The third-order valence-corrected chi connectivity index (χ3v) is 5.01. The lowest BCUT2D eigenvalue weighted by Gasteiger charge is -2.17. The molecule has 2 aromatic rings. The molecule has 1 aromatic carbocycles. The zero-order valence-corrected chi connectivity index (χ0v) is 14.5. The Bertz CT molecular complexity index is 718. The van der Waals surface area contributed by atoms with Crippen LogP contribution in [0.2, 0.25) is 0 Å². The van der Waals surface area contributed by atoms with E-state index in [1.54, 1.807) is 28.4 Å². The van der Waals surface area contributed by atoms with Crippen molar-refractivity contribution in [1.29, 1.82) is 0 Å². The molecule has 0 aliphatic carbocycles. The maximum atomic E-state index is 12.9. The lowest BCUT2D eigenvalue weighted by atomic mass is 10.1. The summed E-state index contributed by atoms with van der Waals surface area (Å²) in [5.41, 5.74) is 0.900. The summed E-state index contributed by atoms with van der Waals surface area (Å²) in [5, 5.41) is 7.60. The predicted octanol–water partition coefficient (Wildman–Crippen LogP) is 2.74. The Balaban J connectivity index is 1.41. The van der Waals surface area contributed by atoms with Crippen molar-refractivity contribution in [2.75, 3.05) is 13.1 Å². The van der Waals surface area contributed by atoms with Gasteiger partial charge in [-0.2, -0.15) is 0 Å². The van der Waals surface area contributed by atoms with E-state index in [2.05, 4.69) is 10.6 Å². The molecular weight excluding hydrogens is 341 g/mol. The number of nitrogens with one attached hydrogen (secondary N) is 2. The van der Waals surface area contributed by atoms with Gasteiger partial charge in [0, 0.05) is 36.9 Å². The third-order valence-electron chi connectivity index (χ3n) is 4.14. The van der Waals surface area contributed by atoms with Crippen LogP contribution in [-0.2, 0) is 17.9 Å². The number of thiophene rings is 1. The topological polar surface area (TPSA) is 61.4 Å². The van der Waals surface area contributed by atoms with Gasteiger partial charge in [-0.25, -0.2) is 9.18 Å². The van der Waals surface area contributed by atoms with Crippen LogP contribution >= 0.6 is 11.3 Å². The highest BCUT2D eigenvalue weighted by atomic mass is 32.1. The van der Waals surface area contributed by atoms with Gasteiger partial charge in [-0.05, 0) is 29.1 Å². The second-order valence-corrected chi connectivity index (χ2v) is 7.15. The van der Waals surface area contributed by atoms with Crippen molar-refractivity contribution in [2.24, 2.45) is 5.92 Å². The minimum atomic E-state index is -0.285. The van der Waals surface area contributed by atoms with Crippen molar-refractivity contribution >= 4 is 23.3 Å². The van der Waals surface area contributed by atoms with Gasteiger partial charge in [0.25, 0.3) is 0 Å². The summed E-state index contributed by atoms with van der Waals surface area (Å²) < 4.78 is 12.9. The number of hydrogen-bond acceptors (Lipinski definition) is 3. The molecule has 0 spiro atoms. The van der Waals surface area contributed by atoms with E-state index >= 15 is 0 Å². The van der Waals surface area contributed by atoms with Crippen molar-refractivity contribution < 1.29 is 14.0 Å². The Morgan fingerprint density at radius 2 is 2.04 bits per heavy atom. The minimum absolute atomic E-state index is 0.0649. The zero-order valence-electron chi connectivity index (χ0n) is 13.7. The van der Waals surface area contributed by atoms with Crippen LogP contribution in [0.4, 0.5) is 9.18 Å². The molecule has 132 valence electrons. The first-order valence-corrected chi connectivity index (χ1v) is 9.04. The number of likely N-dealkylation sites (tertiary alicyclic amines) is 1. The molecule has 25 heavy (non-hydrogen) atoms. The quantitative estimate of drug-likeness (QED) is 0.831. The molecule has 1 atom stereocenters. The summed E-state index contributed by atoms with van der Waals surface area (Å²) in [7, 11) is 0. The summed E-state index contributed by atoms with van der Waals surface area (Å²) >= 11 is 1.59. The number of carbonyl (C=O) groups excluding carboxylic acids is 2. The van der Waals surface area contributed by atoms with Gasteiger partial charge in [-0.3, -0.25) is 4.79 Å². The van der Waals surface area contributed by atoms with E-state index in [0.29, 0.717) is 32.6 Å². The number of urea groups is 1. The smallest absolute Gasteiger partial charge is 0.315 e. The highest BCUT2D eigenvalue weighted by Gasteiger charge is 2.29. The van der Waals surface area contributed by atoms with Crippen LogP contribution in [0.5, 0.6) is 0 Å². The normalized spacial score (nSPS) is 16.9. The maximum absolute atomic E-state index is 12.9. The van der Waals surface area contributed by atoms with Crippen LogP contribution < -0.4 is 10.6 Å². The average molecular weight is 361 g/mol. The van der Waals surface area contributed by atoms with Gasteiger partial charge in [0.1, 0.15) is 5.82 Å². The van der Waals surface area contributed by atoms with E-state index < -0.39 is 0 Å². The number of hydrogen-bond donors (Lipinski definition) is 2. The molecule has 5 nitrogen and oxygen atoms in total. The summed E-state index contributed by atoms with van der Waals surface area (Å²) in [4.78, 5) is 26.8. The number of amides is 3. The monoisotopic (exact) mass is 361 g/mol. The molecule has 1 aliphatic rings.